The first-order valence-corrected chi connectivity index (χ1v) is 2.99. The first-order valence-electron chi connectivity index (χ1n) is 2.99. The van der Waals surface area contributed by atoms with E-state index >= 15 is 0 Å². The van der Waals surface area contributed by atoms with Crippen molar-refractivity contribution in [2.45, 2.75) is 25.4 Å². The van der Waals surface area contributed by atoms with E-state index in [0.29, 0.717) is 0 Å². The quantitative estimate of drug-likeness (QED) is 0.542. The lowest BCUT2D eigenvalue weighted by atomic mass is 10.00. The molecule has 0 spiro atoms. The van der Waals surface area contributed by atoms with Crippen LogP contribution < -0.4 is 0 Å². The van der Waals surface area contributed by atoms with Gasteiger partial charge in [0.05, 0.1) is 13.2 Å². The van der Waals surface area contributed by atoms with Gasteiger partial charge in [-0.3, -0.25) is 0 Å². The van der Waals surface area contributed by atoms with Crippen LogP contribution in [-0.2, 0) is 15.3 Å². The molecule has 0 aliphatic carbocycles. The maximum Gasteiger partial charge on any atom is 0.105 e. The lowest BCUT2D eigenvalue weighted by Crippen LogP contribution is -2.24. The first kappa shape index (κ1) is 8.88. The second kappa shape index (κ2) is 3.82. The fourth-order valence-corrected chi connectivity index (χ4v) is 0.557. The maximum absolute atomic E-state index is 10.9. The second-order valence-electron chi connectivity index (χ2n) is 2.36. The molecule has 53 valence electrons. The molecule has 0 amide bonds. The van der Waals surface area contributed by atoms with Gasteiger partial charge in [0.15, 0.2) is 0 Å². The van der Waals surface area contributed by atoms with Crippen molar-refractivity contribution in [1.82, 2.24) is 0 Å². The molecule has 0 saturated carbocycles. The van der Waals surface area contributed by atoms with Crippen molar-refractivity contribution in [1.29, 1.82) is 0 Å². The van der Waals surface area contributed by atoms with E-state index in [-0.39, 0.29) is 26.1 Å². The highest BCUT2D eigenvalue weighted by atomic mass is 16.3. The van der Waals surface area contributed by atoms with Crippen LogP contribution in [0.1, 0.15) is 19.8 Å². The zero-order valence-corrected chi connectivity index (χ0v) is 5.55. The maximum atomic E-state index is 10.9. The Balaban J connectivity index is 3.43. The molecule has 0 fully saturated rings. The van der Waals surface area contributed by atoms with Crippen LogP contribution in [0.25, 0.3) is 0 Å². The van der Waals surface area contributed by atoms with Gasteiger partial charge in [-0.1, -0.05) is 0 Å². The zero-order valence-electron chi connectivity index (χ0n) is 5.55. The molecule has 0 aromatic heterocycles. The topological polar surface area (TPSA) is 59.7 Å². The molecule has 0 aromatic carbocycles. The van der Waals surface area contributed by atoms with Gasteiger partial charge in [-0.2, -0.15) is 0 Å². The van der Waals surface area contributed by atoms with Crippen molar-refractivity contribution in [3.8, 4) is 0 Å². The lowest BCUT2D eigenvalue weighted by molar-refractivity contribution is -0.0584. The summed E-state index contributed by atoms with van der Waals surface area (Å²) in [6, 6.07) is 0. The summed E-state index contributed by atoms with van der Waals surface area (Å²) in [6.07, 6.45) is 0.129. The van der Waals surface area contributed by atoms with E-state index < -0.39 is 5.60 Å². The largest absolute Gasteiger partial charge is 0.237 e. The number of hydrogen-bond donors (Lipinski definition) is 0. The Bertz CT molecular complexity index is 62.7. The fraction of sp³-hybridized carbons (Fsp3) is 1.00. The summed E-state index contributed by atoms with van der Waals surface area (Å²) in [6.45, 7) is 0.656. The molecule has 9 heavy (non-hydrogen) atoms. The molecule has 0 atom stereocenters. The average Bonchev–Trinajstić information content (AvgIpc) is 1.64. The van der Waals surface area contributed by atoms with E-state index in [1.54, 1.807) is 0 Å². The smallest absolute Gasteiger partial charge is 0.105 e. The van der Waals surface area contributed by atoms with E-state index in [9.17, 15) is 15.3 Å². The lowest BCUT2D eigenvalue weighted by Gasteiger charge is -2.15. The molecule has 0 saturated heterocycles. The summed E-state index contributed by atoms with van der Waals surface area (Å²) >= 11 is 0. The van der Waals surface area contributed by atoms with Gasteiger partial charge in [0.2, 0.25) is 0 Å². The van der Waals surface area contributed by atoms with Crippen LogP contribution in [0.2, 0.25) is 0 Å². The summed E-state index contributed by atoms with van der Waals surface area (Å²) < 4.78 is 0. The molecule has 0 unspecified atom stereocenters. The molecule has 0 rings (SSSR count). The molecular weight excluding hydrogens is 120 g/mol. The zero-order chi connectivity index (χ0) is 7.33. The van der Waals surface area contributed by atoms with Gasteiger partial charge in [0, 0.05) is 12.8 Å². The van der Waals surface area contributed by atoms with E-state index in [1.807, 2.05) is 0 Å². The molecule has 3 radical (unpaired) electrons. The third-order valence-electron chi connectivity index (χ3n) is 1.26. The van der Waals surface area contributed by atoms with Gasteiger partial charge in [-0.25, -0.2) is 15.3 Å². The van der Waals surface area contributed by atoms with E-state index in [2.05, 4.69) is 0 Å². The summed E-state index contributed by atoms with van der Waals surface area (Å²) in [4.78, 5) is 0. The normalized spacial score (nSPS) is 12.0. The van der Waals surface area contributed by atoms with Crippen LogP contribution in [0.3, 0.4) is 0 Å². The highest BCUT2D eigenvalue weighted by molar-refractivity contribution is 4.69. The van der Waals surface area contributed by atoms with E-state index in [4.69, 9.17) is 0 Å². The predicted octanol–water partition coefficient (Wildman–Crippen LogP) is 0.817. The highest BCUT2D eigenvalue weighted by Crippen LogP contribution is 2.13. The van der Waals surface area contributed by atoms with Crippen LogP contribution in [0.4, 0.5) is 0 Å². The molecule has 3 heteroatoms. The third kappa shape index (κ3) is 4.39. The minimum Gasteiger partial charge on any atom is -0.237 e. The Morgan fingerprint density at radius 1 is 1.11 bits per heavy atom. The first-order chi connectivity index (χ1) is 4.12. The third-order valence-corrected chi connectivity index (χ3v) is 1.26. The summed E-state index contributed by atoms with van der Waals surface area (Å²) in [5, 5.41) is 30.7. The Morgan fingerprint density at radius 3 is 1.67 bits per heavy atom. The van der Waals surface area contributed by atoms with Crippen molar-refractivity contribution in [3.63, 3.8) is 0 Å². The monoisotopic (exact) mass is 131 g/mol. The minimum atomic E-state index is -1.27. The predicted molar refractivity (Wildman–Crippen MR) is 29.4 cm³/mol. The van der Waals surface area contributed by atoms with Gasteiger partial charge in [-0.15, -0.1) is 0 Å². The molecule has 0 aromatic rings. The molecule has 0 bridgehead atoms. The Kier molecular flexibility index (Phi) is 3.77. The average molecular weight is 131 g/mol. The van der Waals surface area contributed by atoms with Crippen LogP contribution in [-0.4, -0.2) is 18.8 Å². The molecule has 0 aliphatic heterocycles. The summed E-state index contributed by atoms with van der Waals surface area (Å²) in [5.74, 6) is 0. The van der Waals surface area contributed by atoms with Crippen LogP contribution in [0.5, 0.6) is 0 Å². The number of rotatable bonds is 4. The van der Waals surface area contributed by atoms with Gasteiger partial charge >= 0.3 is 0 Å². The van der Waals surface area contributed by atoms with E-state index in [1.165, 1.54) is 6.92 Å². The number of hydrogen-bond acceptors (Lipinski definition) is 0. The van der Waals surface area contributed by atoms with E-state index in [0.717, 1.165) is 0 Å². The van der Waals surface area contributed by atoms with Gasteiger partial charge in [0.25, 0.3) is 0 Å². The Hall–Kier alpha value is -0.120. The molecule has 0 heterocycles. The minimum absolute atomic E-state index is 0.0647. The van der Waals surface area contributed by atoms with Gasteiger partial charge in [0.1, 0.15) is 5.60 Å². The van der Waals surface area contributed by atoms with Gasteiger partial charge in [-0.05, 0) is 6.92 Å². The van der Waals surface area contributed by atoms with Crippen molar-refractivity contribution >= 4 is 0 Å². The van der Waals surface area contributed by atoms with Crippen LogP contribution in [0, 0.1) is 0 Å². The molecule has 3 nitrogen and oxygen atoms in total. The van der Waals surface area contributed by atoms with Gasteiger partial charge < -0.3 is 0 Å². The van der Waals surface area contributed by atoms with Crippen LogP contribution in [0.15, 0.2) is 0 Å². The van der Waals surface area contributed by atoms with Crippen LogP contribution >= 0.6 is 0 Å². The highest BCUT2D eigenvalue weighted by Gasteiger charge is 2.21. The Labute approximate surface area is 54.9 Å². The second-order valence-corrected chi connectivity index (χ2v) is 2.36. The summed E-state index contributed by atoms with van der Waals surface area (Å²) in [5.41, 5.74) is -1.27. The molecule has 0 aliphatic rings. The summed E-state index contributed by atoms with van der Waals surface area (Å²) in [7, 11) is 0. The van der Waals surface area contributed by atoms with Crippen molar-refractivity contribution in [3.05, 3.63) is 0 Å². The molecular formula is C6H11O3. The fourth-order valence-electron chi connectivity index (χ4n) is 0.557. The Morgan fingerprint density at radius 2 is 1.44 bits per heavy atom. The van der Waals surface area contributed by atoms with Crippen molar-refractivity contribution < 1.29 is 15.3 Å². The van der Waals surface area contributed by atoms with Crippen molar-refractivity contribution in [2.24, 2.45) is 0 Å². The van der Waals surface area contributed by atoms with Crippen molar-refractivity contribution in [2.75, 3.05) is 13.2 Å². The molecule has 0 N–H and O–H groups in total. The standard InChI is InChI=1S/C6H11O3/c1-6(9,2-4-7)3-5-8/h2-5H2,1H3. The SMILES string of the molecule is CC([O])(CC[O])CC[O].